The molecule has 2 unspecified atom stereocenters. The number of phosphoric acid groups is 1. The van der Waals surface area contributed by atoms with E-state index in [1.807, 2.05) is 20.8 Å². The van der Waals surface area contributed by atoms with E-state index in [0.29, 0.717) is 36.1 Å². The number of hydrogen-bond donors (Lipinski definition) is 2. The third-order valence-corrected chi connectivity index (χ3v) is 6.68. The highest BCUT2D eigenvalue weighted by molar-refractivity contribution is 7.47. The number of ether oxygens (including phenoxy) is 3. The molecule has 0 radical (unpaired) electrons. The Balaban J connectivity index is 1.61. The summed E-state index contributed by atoms with van der Waals surface area (Å²) in [7, 11) is -4.19. The molecule has 4 rings (SSSR count). The van der Waals surface area contributed by atoms with Gasteiger partial charge in [0.15, 0.2) is 17.7 Å². The Morgan fingerprint density at radius 3 is 2.68 bits per heavy atom. The van der Waals surface area contributed by atoms with Gasteiger partial charge in [-0.05, 0) is 25.3 Å². The van der Waals surface area contributed by atoms with E-state index in [-0.39, 0.29) is 13.2 Å². The minimum absolute atomic E-state index is 0.122. The molecule has 3 N–H and O–H groups in total. The van der Waals surface area contributed by atoms with Gasteiger partial charge < -0.3 is 24.8 Å². The molecule has 0 bridgehead atoms. The van der Waals surface area contributed by atoms with Gasteiger partial charge in [0.2, 0.25) is 0 Å². The van der Waals surface area contributed by atoms with Crippen molar-refractivity contribution >= 4 is 24.7 Å². The summed E-state index contributed by atoms with van der Waals surface area (Å²) in [4.78, 5) is 18.7. The first-order valence-electron chi connectivity index (χ1n) is 10.5. The van der Waals surface area contributed by atoms with E-state index in [1.165, 1.54) is 0 Å². The molecule has 31 heavy (non-hydrogen) atoms. The molecule has 12 heteroatoms. The fourth-order valence-electron chi connectivity index (χ4n) is 3.99. The van der Waals surface area contributed by atoms with E-state index in [0.717, 1.165) is 0 Å². The van der Waals surface area contributed by atoms with Crippen LogP contribution in [0.15, 0.2) is 18.6 Å². The first kappa shape index (κ1) is 22.6. The van der Waals surface area contributed by atoms with Crippen molar-refractivity contribution in [2.75, 3.05) is 18.9 Å². The first-order chi connectivity index (χ1) is 14.8. The van der Waals surface area contributed by atoms with Crippen molar-refractivity contribution in [2.24, 2.45) is 0 Å². The van der Waals surface area contributed by atoms with Crippen molar-refractivity contribution in [3.8, 4) is 0 Å². The molecule has 2 aromatic rings. The molecule has 2 fully saturated rings. The van der Waals surface area contributed by atoms with Crippen molar-refractivity contribution in [1.82, 2.24) is 14.5 Å². The van der Waals surface area contributed by atoms with Gasteiger partial charge >= 0.3 is 7.82 Å². The van der Waals surface area contributed by atoms with Gasteiger partial charge in [-0.2, -0.15) is 0 Å². The largest absolute Gasteiger partial charge is 0.472 e. The monoisotopic (exact) mass is 456 g/mol. The van der Waals surface area contributed by atoms with Crippen LogP contribution < -0.4 is 5.73 Å². The fourth-order valence-corrected chi connectivity index (χ4v) is 4.82. The number of nitrogens with zero attached hydrogens (tertiary/aromatic N) is 3. The van der Waals surface area contributed by atoms with Crippen LogP contribution >= 0.6 is 7.82 Å². The summed E-state index contributed by atoms with van der Waals surface area (Å²) in [5.41, 5.74) is 7.64. The molecule has 4 heterocycles. The van der Waals surface area contributed by atoms with E-state index in [9.17, 15) is 9.46 Å². The maximum Gasteiger partial charge on any atom is 0.472 e. The minimum atomic E-state index is -4.19. The van der Waals surface area contributed by atoms with E-state index in [2.05, 4.69) is 9.97 Å². The summed E-state index contributed by atoms with van der Waals surface area (Å²) < 4.78 is 42.8. The van der Waals surface area contributed by atoms with Crippen LogP contribution in [0.4, 0.5) is 5.69 Å². The first-order valence-corrected chi connectivity index (χ1v) is 12.0. The number of fused-ring (bicyclic) bond motifs is 2. The van der Waals surface area contributed by atoms with Crippen LogP contribution in [0.2, 0.25) is 0 Å². The molecule has 2 aliphatic rings. The normalized spacial score (nSPS) is 29.3. The molecule has 0 saturated carbocycles. The Labute approximate surface area is 180 Å². The highest BCUT2D eigenvalue weighted by Gasteiger charge is 2.58. The topological polar surface area (TPSA) is 140 Å². The van der Waals surface area contributed by atoms with E-state index < -0.39 is 38.1 Å². The predicted molar refractivity (Wildman–Crippen MR) is 111 cm³/mol. The highest BCUT2D eigenvalue weighted by Crippen LogP contribution is 2.49. The molecule has 0 aromatic carbocycles. The van der Waals surface area contributed by atoms with E-state index >= 15 is 0 Å². The van der Waals surface area contributed by atoms with E-state index in [1.54, 1.807) is 23.2 Å². The Bertz CT molecular complexity index is 966. The summed E-state index contributed by atoms with van der Waals surface area (Å²) in [6.45, 7) is 5.74. The lowest BCUT2D eigenvalue weighted by molar-refractivity contribution is -0.222. The summed E-state index contributed by atoms with van der Waals surface area (Å²) in [6.07, 6.45) is 2.82. The zero-order valence-corrected chi connectivity index (χ0v) is 18.7. The maximum atomic E-state index is 12.1. The van der Waals surface area contributed by atoms with Crippen molar-refractivity contribution in [3.63, 3.8) is 0 Å². The molecule has 2 saturated heterocycles. The van der Waals surface area contributed by atoms with Crippen LogP contribution in [0.1, 0.15) is 46.3 Å². The Kier molecular flexibility index (Phi) is 6.37. The van der Waals surface area contributed by atoms with Gasteiger partial charge in [0.25, 0.3) is 0 Å². The maximum absolute atomic E-state index is 12.1. The van der Waals surface area contributed by atoms with Crippen LogP contribution in [0.3, 0.4) is 0 Å². The molecule has 0 amide bonds. The number of aromatic nitrogens is 3. The highest BCUT2D eigenvalue weighted by atomic mass is 31.2. The molecule has 2 aromatic heterocycles. The predicted octanol–water partition coefficient (Wildman–Crippen LogP) is 2.75. The van der Waals surface area contributed by atoms with Crippen molar-refractivity contribution in [2.45, 2.75) is 70.4 Å². The number of nitrogen functional groups attached to an aromatic ring is 1. The van der Waals surface area contributed by atoms with Crippen LogP contribution in [0.5, 0.6) is 0 Å². The SMILES string of the molecule is CCCOP(=O)(O)OC[C@H]1O[C@@H](n2cnc3c(N)ccnc32)[C@H]2OC(CC)(CC)OC12. The quantitative estimate of drug-likeness (QED) is 0.541. The average molecular weight is 456 g/mol. The number of imidazole rings is 1. The standard InChI is InChI=1S/C19H29N4O7P/c1-4-9-26-31(24,25)27-10-13-15-16(30-19(5-2,6-3)29-15)18(28-13)23-11-22-14-12(20)7-8-21-17(14)23/h7-8,11,13,15-16,18H,4-6,9-10H2,1-3H3,(H2,20,21)(H,24,25)/t13-,15?,16+,18-/m1/s1. The van der Waals surface area contributed by atoms with Gasteiger partial charge in [-0.1, -0.05) is 20.8 Å². The van der Waals surface area contributed by atoms with Crippen molar-refractivity contribution in [3.05, 3.63) is 18.6 Å². The lowest BCUT2D eigenvalue weighted by atomic mass is 10.1. The van der Waals surface area contributed by atoms with Gasteiger partial charge in [-0.25, -0.2) is 14.5 Å². The third kappa shape index (κ3) is 4.23. The van der Waals surface area contributed by atoms with Gasteiger partial charge in [0.1, 0.15) is 23.8 Å². The molecule has 5 atom stereocenters. The average Bonchev–Trinajstić information content (AvgIpc) is 3.43. The number of hydrogen-bond acceptors (Lipinski definition) is 9. The molecule has 0 aliphatic carbocycles. The minimum Gasteiger partial charge on any atom is -0.397 e. The van der Waals surface area contributed by atoms with Crippen LogP contribution in [0, 0.1) is 0 Å². The Morgan fingerprint density at radius 1 is 1.23 bits per heavy atom. The molecule has 0 spiro atoms. The molecule has 172 valence electrons. The second kappa shape index (κ2) is 8.74. The van der Waals surface area contributed by atoms with Crippen LogP contribution in [0.25, 0.3) is 11.2 Å². The second-order valence-corrected chi connectivity index (χ2v) is 9.12. The van der Waals surface area contributed by atoms with Crippen LogP contribution in [-0.2, 0) is 27.8 Å². The zero-order chi connectivity index (χ0) is 22.2. The summed E-state index contributed by atoms with van der Waals surface area (Å²) in [6, 6.07) is 1.68. The fraction of sp³-hybridized carbons (Fsp3) is 0.684. The number of phosphoric ester groups is 1. The molecular weight excluding hydrogens is 427 g/mol. The Morgan fingerprint density at radius 2 is 1.97 bits per heavy atom. The van der Waals surface area contributed by atoms with Crippen molar-refractivity contribution < 1.29 is 32.7 Å². The molecule has 2 aliphatic heterocycles. The number of pyridine rings is 1. The van der Waals surface area contributed by atoms with Crippen molar-refractivity contribution in [1.29, 1.82) is 0 Å². The summed E-state index contributed by atoms with van der Waals surface area (Å²) in [5, 5.41) is 0. The smallest absolute Gasteiger partial charge is 0.397 e. The van der Waals surface area contributed by atoms with Gasteiger partial charge in [0, 0.05) is 6.20 Å². The summed E-state index contributed by atoms with van der Waals surface area (Å²) >= 11 is 0. The number of rotatable bonds is 9. The zero-order valence-electron chi connectivity index (χ0n) is 17.8. The number of nitrogens with two attached hydrogens (primary N) is 1. The van der Waals surface area contributed by atoms with Gasteiger partial charge in [-0.15, -0.1) is 0 Å². The molecule has 11 nitrogen and oxygen atoms in total. The Hall–Kier alpha value is -1.59. The summed E-state index contributed by atoms with van der Waals surface area (Å²) in [5.74, 6) is -0.764. The van der Waals surface area contributed by atoms with E-state index in [4.69, 9.17) is 29.0 Å². The van der Waals surface area contributed by atoms with Gasteiger partial charge in [0.05, 0.1) is 25.2 Å². The molecular formula is C19H29N4O7P. The lowest BCUT2D eigenvalue weighted by Crippen LogP contribution is -2.35. The van der Waals surface area contributed by atoms with Gasteiger partial charge in [-0.3, -0.25) is 13.6 Å². The van der Waals surface area contributed by atoms with Crippen LogP contribution in [-0.4, -0.2) is 56.7 Å². The number of anilines is 1. The second-order valence-electron chi connectivity index (χ2n) is 7.67. The third-order valence-electron chi connectivity index (χ3n) is 5.69. The lowest BCUT2D eigenvalue weighted by Gasteiger charge is -2.29.